The summed E-state index contributed by atoms with van der Waals surface area (Å²) < 4.78 is 0. The van der Waals surface area contributed by atoms with E-state index in [9.17, 15) is 14.7 Å². The number of carbonyl (C=O) groups is 2. The number of phenols is 1. The fraction of sp³-hybridized carbons (Fsp3) is 0.150. The van der Waals surface area contributed by atoms with Crippen LogP contribution >= 0.6 is 11.8 Å². The van der Waals surface area contributed by atoms with E-state index in [2.05, 4.69) is 24.2 Å². The van der Waals surface area contributed by atoms with Gasteiger partial charge in [-0.2, -0.15) is 0 Å². The van der Waals surface area contributed by atoms with Gasteiger partial charge in [-0.1, -0.05) is 38.1 Å². The van der Waals surface area contributed by atoms with Crippen LogP contribution in [0.2, 0.25) is 0 Å². The molecule has 3 rings (SSSR count). The predicted molar refractivity (Wildman–Crippen MR) is 106 cm³/mol. The van der Waals surface area contributed by atoms with E-state index in [1.165, 1.54) is 35.5 Å². The van der Waals surface area contributed by atoms with Gasteiger partial charge in [0.1, 0.15) is 11.3 Å². The third-order valence-corrected chi connectivity index (χ3v) is 4.90. The number of carboxylic acids is 1. The average Bonchev–Trinajstić information content (AvgIpc) is 2.96. The second-order valence-corrected chi connectivity index (χ2v) is 7.34. The van der Waals surface area contributed by atoms with Gasteiger partial charge in [0.15, 0.2) is 5.17 Å². The normalized spacial score (nSPS) is 16.9. The van der Waals surface area contributed by atoms with E-state index in [1.54, 1.807) is 6.08 Å². The molecule has 1 aliphatic heterocycles. The number of aliphatic imine (C=N–C) groups is 1. The van der Waals surface area contributed by atoms with Gasteiger partial charge in [0.05, 0.1) is 10.6 Å². The smallest absolute Gasteiger partial charge is 0.339 e. The van der Waals surface area contributed by atoms with Crippen molar-refractivity contribution < 1.29 is 19.8 Å². The molecule has 2 aromatic rings. The van der Waals surface area contributed by atoms with Crippen molar-refractivity contribution in [1.82, 2.24) is 5.32 Å². The van der Waals surface area contributed by atoms with E-state index < -0.39 is 5.97 Å². The van der Waals surface area contributed by atoms with Gasteiger partial charge >= 0.3 is 5.97 Å². The van der Waals surface area contributed by atoms with Gasteiger partial charge in [-0.15, -0.1) is 0 Å². The van der Waals surface area contributed by atoms with Crippen molar-refractivity contribution in [3.63, 3.8) is 0 Å². The highest BCUT2D eigenvalue weighted by atomic mass is 32.2. The number of aromatic carboxylic acids is 1. The highest BCUT2D eigenvalue weighted by Gasteiger charge is 2.24. The van der Waals surface area contributed by atoms with Crippen LogP contribution in [0, 0.1) is 0 Å². The lowest BCUT2D eigenvalue weighted by atomic mass is 10.0. The lowest BCUT2D eigenvalue weighted by molar-refractivity contribution is -0.115. The van der Waals surface area contributed by atoms with Crippen LogP contribution in [0.4, 0.5) is 5.69 Å². The van der Waals surface area contributed by atoms with Crippen LogP contribution in [0.1, 0.15) is 41.3 Å². The minimum absolute atomic E-state index is 0.243. The summed E-state index contributed by atoms with van der Waals surface area (Å²) in [5, 5.41) is 21.6. The summed E-state index contributed by atoms with van der Waals surface area (Å²) in [6.45, 7) is 4.24. The van der Waals surface area contributed by atoms with E-state index >= 15 is 0 Å². The van der Waals surface area contributed by atoms with Gasteiger partial charge < -0.3 is 15.5 Å². The first-order chi connectivity index (χ1) is 12.8. The maximum atomic E-state index is 12.2. The van der Waals surface area contributed by atoms with E-state index in [1.807, 2.05) is 24.3 Å². The predicted octanol–water partition coefficient (Wildman–Crippen LogP) is 4.11. The van der Waals surface area contributed by atoms with E-state index in [0.717, 1.165) is 5.56 Å². The van der Waals surface area contributed by atoms with Crippen molar-refractivity contribution in [3.05, 3.63) is 64.1 Å². The quantitative estimate of drug-likeness (QED) is 0.691. The lowest BCUT2D eigenvalue weighted by Gasteiger charge is -2.04. The van der Waals surface area contributed by atoms with Crippen molar-refractivity contribution in [1.29, 1.82) is 0 Å². The molecule has 138 valence electrons. The number of carbonyl (C=O) groups excluding carboxylic acids is 1. The number of thioether (sulfide) groups is 1. The monoisotopic (exact) mass is 382 g/mol. The highest BCUT2D eigenvalue weighted by molar-refractivity contribution is 8.18. The minimum atomic E-state index is -1.25. The minimum Gasteiger partial charge on any atom is -0.507 e. The number of rotatable bonds is 4. The summed E-state index contributed by atoms with van der Waals surface area (Å²) in [4.78, 5) is 28.0. The molecule has 1 aliphatic rings. The summed E-state index contributed by atoms with van der Waals surface area (Å²) in [6.07, 6.45) is 1.78. The molecule has 0 unspecified atom stereocenters. The fourth-order valence-corrected chi connectivity index (χ4v) is 3.33. The first kappa shape index (κ1) is 18.7. The number of nitrogens with zero attached hydrogens (tertiary/aromatic N) is 1. The maximum absolute atomic E-state index is 12.2. The molecule has 1 heterocycles. The topological polar surface area (TPSA) is 99.0 Å². The lowest BCUT2D eigenvalue weighted by Crippen LogP contribution is -2.19. The maximum Gasteiger partial charge on any atom is 0.339 e. The average molecular weight is 382 g/mol. The summed E-state index contributed by atoms with van der Waals surface area (Å²) in [5.74, 6) is -1.40. The summed E-state index contributed by atoms with van der Waals surface area (Å²) >= 11 is 1.18. The Morgan fingerprint density at radius 2 is 1.89 bits per heavy atom. The molecule has 0 spiro atoms. The molecular formula is C20H18N2O4S. The molecule has 27 heavy (non-hydrogen) atoms. The molecule has 7 heteroatoms. The largest absolute Gasteiger partial charge is 0.507 e. The Labute approximate surface area is 160 Å². The van der Waals surface area contributed by atoms with Crippen LogP contribution in [-0.4, -0.2) is 27.3 Å². The number of amidine groups is 1. The molecule has 1 fully saturated rings. The Kier molecular flexibility index (Phi) is 5.32. The molecule has 0 atom stereocenters. The number of hydrogen-bond donors (Lipinski definition) is 3. The Morgan fingerprint density at radius 3 is 2.52 bits per heavy atom. The summed E-state index contributed by atoms with van der Waals surface area (Å²) in [6, 6.07) is 12.0. The number of nitrogens with one attached hydrogen (secondary N) is 1. The molecule has 6 nitrogen and oxygen atoms in total. The number of hydrogen-bond acceptors (Lipinski definition) is 5. The SMILES string of the molecule is CC(C)c1ccc(/C=C2\SC(=Nc3ccc(O)c(C(=O)O)c3)NC2=O)cc1. The zero-order valence-corrected chi connectivity index (χ0v) is 15.6. The fourth-order valence-electron chi connectivity index (χ4n) is 2.49. The molecule has 0 saturated carbocycles. The molecule has 0 bridgehead atoms. The Bertz CT molecular complexity index is 962. The highest BCUT2D eigenvalue weighted by Crippen LogP contribution is 2.30. The van der Waals surface area contributed by atoms with E-state index in [4.69, 9.17) is 5.11 Å². The van der Waals surface area contributed by atoms with Crippen molar-refractivity contribution in [2.75, 3.05) is 0 Å². The molecule has 2 aromatic carbocycles. The van der Waals surface area contributed by atoms with Crippen LogP contribution in [0.5, 0.6) is 5.75 Å². The number of aromatic hydroxyl groups is 1. The van der Waals surface area contributed by atoms with Crippen LogP contribution in [-0.2, 0) is 4.79 Å². The molecular weight excluding hydrogens is 364 g/mol. The van der Waals surface area contributed by atoms with Crippen LogP contribution in [0.25, 0.3) is 6.08 Å². The van der Waals surface area contributed by atoms with Gasteiger partial charge in [0.25, 0.3) is 5.91 Å². The summed E-state index contributed by atoms with van der Waals surface area (Å²) in [5.41, 5.74) is 2.23. The van der Waals surface area contributed by atoms with Crippen molar-refractivity contribution in [2.45, 2.75) is 19.8 Å². The number of carboxylic acid groups (broad SMARTS) is 1. The second-order valence-electron chi connectivity index (χ2n) is 6.31. The molecule has 3 N–H and O–H groups in total. The number of amides is 1. The van der Waals surface area contributed by atoms with Crippen molar-refractivity contribution in [3.8, 4) is 5.75 Å². The molecule has 0 aliphatic carbocycles. The van der Waals surface area contributed by atoms with Crippen molar-refractivity contribution in [2.24, 2.45) is 4.99 Å². The molecule has 0 aromatic heterocycles. The van der Waals surface area contributed by atoms with Gasteiger partial charge in [0.2, 0.25) is 0 Å². The van der Waals surface area contributed by atoms with Gasteiger partial charge in [-0.05, 0) is 53.1 Å². The molecule has 0 radical (unpaired) electrons. The first-order valence-corrected chi connectivity index (χ1v) is 9.11. The van der Waals surface area contributed by atoms with Gasteiger partial charge in [-0.3, -0.25) is 4.79 Å². The second kappa shape index (κ2) is 7.67. The van der Waals surface area contributed by atoms with E-state index in [0.29, 0.717) is 21.7 Å². The van der Waals surface area contributed by atoms with Crippen molar-refractivity contribution >= 4 is 40.6 Å². The molecule has 1 amide bonds. The first-order valence-electron chi connectivity index (χ1n) is 8.29. The Balaban J connectivity index is 1.81. The standard InChI is InChI=1S/C20H18N2O4S/c1-11(2)13-5-3-12(4-6-13)9-17-18(24)22-20(27-17)21-14-7-8-16(23)15(10-14)19(25)26/h3-11,23H,1-2H3,(H,25,26)(H,21,22,24)/b17-9-. The van der Waals surface area contributed by atoms with Crippen LogP contribution in [0.3, 0.4) is 0 Å². The zero-order valence-electron chi connectivity index (χ0n) is 14.8. The van der Waals surface area contributed by atoms with Gasteiger partial charge in [0, 0.05) is 0 Å². The van der Waals surface area contributed by atoms with E-state index in [-0.39, 0.29) is 17.2 Å². The third-order valence-electron chi connectivity index (χ3n) is 3.99. The number of benzene rings is 2. The zero-order chi connectivity index (χ0) is 19.6. The van der Waals surface area contributed by atoms with Crippen LogP contribution < -0.4 is 5.32 Å². The van der Waals surface area contributed by atoms with Gasteiger partial charge in [-0.25, -0.2) is 9.79 Å². The van der Waals surface area contributed by atoms with Crippen LogP contribution in [0.15, 0.2) is 52.4 Å². The summed E-state index contributed by atoms with van der Waals surface area (Å²) in [7, 11) is 0. The molecule has 1 saturated heterocycles. The third kappa shape index (κ3) is 4.38. The Morgan fingerprint density at radius 1 is 1.19 bits per heavy atom. The Hall–Kier alpha value is -3.06.